The number of phenols is 1. The Morgan fingerprint density at radius 1 is 1.11 bits per heavy atom. The summed E-state index contributed by atoms with van der Waals surface area (Å²) in [5, 5.41) is 17.5. The van der Waals surface area contributed by atoms with E-state index in [1.54, 1.807) is 19.4 Å². The quantitative estimate of drug-likeness (QED) is 0.292. The molecule has 38 heavy (non-hydrogen) atoms. The minimum atomic E-state index is -0.262. The smallest absolute Gasteiger partial charge is 0.221 e. The van der Waals surface area contributed by atoms with E-state index in [1.807, 2.05) is 68.4 Å². The molecule has 8 nitrogen and oxygen atoms in total. The van der Waals surface area contributed by atoms with Crippen molar-refractivity contribution in [3.8, 4) is 17.2 Å². The zero-order valence-corrected chi connectivity index (χ0v) is 22.4. The lowest BCUT2D eigenvalue weighted by Crippen LogP contribution is -2.29. The number of benzene rings is 2. The van der Waals surface area contributed by atoms with E-state index >= 15 is 0 Å². The number of rotatable bonds is 6. The Labute approximate surface area is 226 Å². The third-order valence-electron chi connectivity index (χ3n) is 6.78. The van der Waals surface area contributed by atoms with Crippen molar-refractivity contribution in [1.82, 2.24) is 14.9 Å². The maximum atomic E-state index is 11.9. The maximum absolute atomic E-state index is 11.9. The van der Waals surface area contributed by atoms with Crippen LogP contribution < -0.4 is 20.3 Å². The maximum Gasteiger partial charge on any atom is 0.221 e. The summed E-state index contributed by atoms with van der Waals surface area (Å²) in [5.74, 6) is 0.559. The van der Waals surface area contributed by atoms with Crippen LogP contribution in [0, 0.1) is 13.8 Å². The summed E-state index contributed by atoms with van der Waals surface area (Å²) in [6.45, 7) is 5.52. The number of para-hydroxylation sites is 2. The summed E-state index contributed by atoms with van der Waals surface area (Å²) in [6, 6.07) is 20.4. The van der Waals surface area contributed by atoms with Gasteiger partial charge in [0.25, 0.3) is 0 Å². The highest BCUT2D eigenvalue weighted by molar-refractivity contribution is 7.80. The number of aromatic nitrogens is 2. The molecule has 3 heterocycles. The molecule has 194 valence electrons. The largest absolute Gasteiger partial charge is 0.506 e. The van der Waals surface area contributed by atoms with Crippen LogP contribution in [0.1, 0.15) is 41.7 Å². The number of nitrogens with one attached hydrogen (secondary N) is 2. The molecule has 0 bridgehead atoms. The molecule has 2 atom stereocenters. The highest BCUT2D eigenvalue weighted by Crippen LogP contribution is 2.45. The van der Waals surface area contributed by atoms with E-state index in [9.17, 15) is 9.90 Å². The molecule has 9 heteroatoms. The average Bonchev–Trinajstić information content (AvgIpc) is 3.39. The first kappa shape index (κ1) is 25.3. The standard InChI is InChI=1S/C29H29N5O3S/c1-17-15-21(18(2)33(17)24-10-5-6-11-25(24)36)28-27(22-9-7-8-14-30-22)32-29(38)34(28)20-12-13-26(37-4)23(16-20)31-19(3)35/h5-16,27-28,36H,1-4H3,(H,31,35)(H,32,38)/t27-,28+/m0/s1. The van der Waals surface area contributed by atoms with Crippen molar-refractivity contribution in [2.24, 2.45) is 0 Å². The van der Waals surface area contributed by atoms with Gasteiger partial charge in [0, 0.05) is 30.2 Å². The number of amides is 1. The van der Waals surface area contributed by atoms with Gasteiger partial charge in [-0.15, -0.1) is 0 Å². The number of hydrogen-bond donors (Lipinski definition) is 3. The second kappa shape index (κ2) is 10.2. The summed E-state index contributed by atoms with van der Waals surface area (Å²) >= 11 is 5.89. The Bertz CT molecular complexity index is 1520. The van der Waals surface area contributed by atoms with Gasteiger partial charge in [0.15, 0.2) is 5.11 Å². The molecule has 3 N–H and O–H groups in total. The Hall–Kier alpha value is -4.37. The summed E-state index contributed by atoms with van der Waals surface area (Å²) in [4.78, 5) is 18.6. The average molecular weight is 528 g/mol. The van der Waals surface area contributed by atoms with Gasteiger partial charge in [0.05, 0.1) is 36.3 Å². The summed E-state index contributed by atoms with van der Waals surface area (Å²) in [6.07, 6.45) is 1.77. The van der Waals surface area contributed by atoms with Crippen LogP contribution >= 0.6 is 12.2 Å². The molecular formula is C29H29N5O3S. The number of aryl methyl sites for hydroxylation is 1. The Kier molecular flexibility index (Phi) is 6.77. The Morgan fingerprint density at radius 3 is 2.55 bits per heavy atom. The molecule has 1 saturated heterocycles. The molecule has 1 fully saturated rings. The Morgan fingerprint density at radius 2 is 1.87 bits per heavy atom. The van der Waals surface area contributed by atoms with Gasteiger partial charge >= 0.3 is 0 Å². The van der Waals surface area contributed by atoms with Crippen LogP contribution in [0.3, 0.4) is 0 Å². The fourth-order valence-corrected chi connectivity index (χ4v) is 5.54. The summed E-state index contributed by atoms with van der Waals surface area (Å²) in [5.41, 5.74) is 5.90. The van der Waals surface area contributed by atoms with Crippen molar-refractivity contribution >= 4 is 34.6 Å². The zero-order chi connectivity index (χ0) is 27.0. The third kappa shape index (κ3) is 4.45. The molecule has 2 aromatic heterocycles. The van der Waals surface area contributed by atoms with Crippen molar-refractivity contribution in [1.29, 1.82) is 0 Å². The number of pyridine rings is 1. The van der Waals surface area contributed by atoms with Gasteiger partial charge in [0.2, 0.25) is 5.91 Å². The van der Waals surface area contributed by atoms with Crippen LogP contribution in [0.5, 0.6) is 11.5 Å². The number of ether oxygens (including phenoxy) is 1. The monoisotopic (exact) mass is 527 g/mol. The topological polar surface area (TPSA) is 91.7 Å². The number of carbonyl (C=O) groups is 1. The molecule has 0 aliphatic carbocycles. The molecule has 0 saturated carbocycles. The minimum absolute atomic E-state index is 0.198. The van der Waals surface area contributed by atoms with Gasteiger partial charge in [-0.2, -0.15) is 0 Å². The molecule has 0 unspecified atom stereocenters. The number of phenolic OH excluding ortho intramolecular Hbond substituents is 1. The fourth-order valence-electron chi connectivity index (χ4n) is 5.19. The number of methoxy groups -OCH3 is 1. The number of carbonyl (C=O) groups excluding carboxylic acids is 1. The van der Waals surface area contributed by atoms with Gasteiger partial charge in [-0.3, -0.25) is 9.78 Å². The van der Waals surface area contributed by atoms with Crippen molar-refractivity contribution in [2.45, 2.75) is 32.9 Å². The van der Waals surface area contributed by atoms with Crippen LogP contribution in [0.4, 0.5) is 11.4 Å². The van der Waals surface area contributed by atoms with Crippen LogP contribution in [0.2, 0.25) is 0 Å². The molecular weight excluding hydrogens is 498 g/mol. The van der Waals surface area contributed by atoms with Crippen molar-refractivity contribution in [3.05, 3.63) is 95.6 Å². The molecule has 1 amide bonds. The van der Waals surface area contributed by atoms with Crippen LogP contribution in [-0.2, 0) is 4.79 Å². The van der Waals surface area contributed by atoms with E-state index in [4.69, 9.17) is 17.0 Å². The molecule has 1 aliphatic heterocycles. The number of anilines is 2. The molecule has 5 rings (SSSR count). The van der Waals surface area contributed by atoms with Crippen molar-refractivity contribution in [2.75, 3.05) is 17.3 Å². The lowest BCUT2D eigenvalue weighted by atomic mass is 9.96. The number of aromatic hydroxyl groups is 1. The highest BCUT2D eigenvalue weighted by Gasteiger charge is 2.42. The second-order valence-electron chi connectivity index (χ2n) is 9.21. The lowest BCUT2D eigenvalue weighted by Gasteiger charge is -2.29. The fraction of sp³-hybridized carbons (Fsp3) is 0.207. The summed E-state index contributed by atoms with van der Waals surface area (Å²) < 4.78 is 7.52. The minimum Gasteiger partial charge on any atom is -0.506 e. The number of thiocarbonyl (C=S) groups is 1. The predicted molar refractivity (Wildman–Crippen MR) is 152 cm³/mol. The van der Waals surface area contributed by atoms with Gasteiger partial charge < -0.3 is 29.9 Å². The van der Waals surface area contributed by atoms with Gasteiger partial charge in [-0.05, 0) is 80.2 Å². The number of hydrogen-bond acceptors (Lipinski definition) is 5. The van der Waals surface area contributed by atoms with E-state index < -0.39 is 0 Å². The van der Waals surface area contributed by atoms with E-state index in [0.717, 1.165) is 28.3 Å². The van der Waals surface area contributed by atoms with E-state index in [-0.39, 0.29) is 23.7 Å². The van der Waals surface area contributed by atoms with E-state index in [0.29, 0.717) is 22.2 Å². The van der Waals surface area contributed by atoms with Gasteiger partial charge in [0.1, 0.15) is 11.5 Å². The first-order valence-corrected chi connectivity index (χ1v) is 12.6. The molecule has 0 radical (unpaired) electrons. The van der Waals surface area contributed by atoms with Crippen LogP contribution in [0.25, 0.3) is 5.69 Å². The Balaban J connectivity index is 1.69. The van der Waals surface area contributed by atoms with Gasteiger partial charge in [-0.25, -0.2) is 0 Å². The molecule has 1 aliphatic rings. The van der Waals surface area contributed by atoms with Crippen LogP contribution in [0.15, 0.2) is 72.9 Å². The van der Waals surface area contributed by atoms with Crippen molar-refractivity contribution in [3.63, 3.8) is 0 Å². The number of nitrogens with zero attached hydrogens (tertiary/aromatic N) is 3. The first-order chi connectivity index (χ1) is 18.3. The molecule has 4 aromatic rings. The third-order valence-corrected chi connectivity index (χ3v) is 7.10. The second-order valence-corrected chi connectivity index (χ2v) is 9.60. The first-order valence-electron chi connectivity index (χ1n) is 12.2. The van der Waals surface area contributed by atoms with E-state index in [1.165, 1.54) is 6.92 Å². The normalized spacial score (nSPS) is 16.8. The highest BCUT2D eigenvalue weighted by atomic mass is 32.1. The van der Waals surface area contributed by atoms with E-state index in [2.05, 4.69) is 31.2 Å². The van der Waals surface area contributed by atoms with Crippen molar-refractivity contribution < 1.29 is 14.6 Å². The predicted octanol–water partition coefficient (Wildman–Crippen LogP) is 5.34. The van der Waals surface area contributed by atoms with Crippen LogP contribution in [-0.4, -0.2) is 32.8 Å². The zero-order valence-electron chi connectivity index (χ0n) is 21.6. The SMILES string of the molecule is COc1ccc(N2C(=S)N[C@@H](c3ccccn3)[C@H]2c2cc(C)n(-c3ccccc3O)c2C)cc1NC(C)=O. The lowest BCUT2D eigenvalue weighted by molar-refractivity contribution is -0.114. The van der Waals surface area contributed by atoms with Gasteiger partial charge in [-0.1, -0.05) is 18.2 Å². The molecule has 2 aromatic carbocycles. The summed E-state index contributed by atoms with van der Waals surface area (Å²) in [7, 11) is 1.57. The molecule has 0 spiro atoms.